The van der Waals surface area contributed by atoms with Crippen LogP contribution in [-0.4, -0.2) is 80.6 Å². The number of hydrogen-bond donors (Lipinski definition) is 3. The molecule has 6 aromatic rings. The highest BCUT2D eigenvalue weighted by molar-refractivity contribution is 7.20. The summed E-state index contributed by atoms with van der Waals surface area (Å²) in [6, 6.07) is 11.5. The summed E-state index contributed by atoms with van der Waals surface area (Å²) in [5.41, 5.74) is 3.56. The second-order valence-corrected chi connectivity index (χ2v) is 33.4. The average Bonchev–Trinajstić information content (AvgIpc) is 4.01. The summed E-state index contributed by atoms with van der Waals surface area (Å²) < 4.78 is 40.4. The molecule has 3 N–H and O–H groups in total. The van der Waals surface area contributed by atoms with Crippen LogP contribution < -0.4 is 0 Å². The van der Waals surface area contributed by atoms with Crippen molar-refractivity contribution in [2.75, 3.05) is 0 Å². The van der Waals surface area contributed by atoms with Crippen molar-refractivity contribution in [3.05, 3.63) is 117 Å². The molecule has 2 saturated carbocycles. The van der Waals surface area contributed by atoms with E-state index in [2.05, 4.69) is 98.6 Å². The molecule has 2 aliphatic carbocycles. The molecule has 2 aromatic carbocycles. The van der Waals surface area contributed by atoms with Gasteiger partial charge in [-0.1, -0.05) is 88.3 Å². The van der Waals surface area contributed by atoms with Crippen molar-refractivity contribution in [3.8, 4) is 11.4 Å². The van der Waals surface area contributed by atoms with Gasteiger partial charge in [0.1, 0.15) is 35.2 Å². The fourth-order valence-corrected chi connectivity index (χ4v) is 7.56. The molecule has 67 heavy (non-hydrogen) atoms. The predicted molar refractivity (Wildman–Crippen MR) is 262 cm³/mol. The van der Waals surface area contributed by atoms with Crippen LogP contribution in [0.5, 0.6) is 0 Å². The Balaban J connectivity index is 0.000000194. The van der Waals surface area contributed by atoms with Crippen LogP contribution in [0.3, 0.4) is 0 Å². The Hall–Kier alpha value is -3.86. The molecule has 0 amide bonds. The molecular formula is C46H63Cl3F2N10O4Si2. The van der Waals surface area contributed by atoms with Gasteiger partial charge in [0.2, 0.25) is 0 Å². The lowest BCUT2D eigenvalue weighted by molar-refractivity contribution is 0.206. The summed E-state index contributed by atoms with van der Waals surface area (Å²) in [6.07, 6.45) is 6.03. The Morgan fingerprint density at radius 1 is 0.687 bits per heavy atom. The van der Waals surface area contributed by atoms with Crippen LogP contribution in [0.2, 0.25) is 46.6 Å². The number of benzene rings is 2. The van der Waals surface area contributed by atoms with E-state index in [1.165, 1.54) is 71.4 Å². The second-order valence-electron chi connectivity index (χ2n) is 20.5. The molecule has 0 aliphatic heterocycles. The lowest BCUT2D eigenvalue weighted by Crippen LogP contribution is -2.40. The zero-order chi connectivity index (χ0) is 49.2. The first kappa shape index (κ1) is 52.5. The van der Waals surface area contributed by atoms with Crippen molar-refractivity contribution in [1.29, 1.82) is 0 Å². The Labute approximate surface area is 408 Å². The minimum absolute atomic E-state index is 0.0170. The summed E-state index contributed by atoms with van der Waals surface area (Å²) >= 11 is 18.4. The Morgan fingerprint density at radius 3 is 1.46 bits per heavy atom. The molecule has 0 spiro atoms. The summed E-state index contributed by atoms with van der Waals surface area (Å²) in [6.45, 7) is 23.2. The van der Waals surface area contributed by atoms with Gasteiger partial charge in [0.15, 0.2) is 26.0 Å². The first-order valence-electron chi connectivity index (χ1n) is 22.4. The van der Waals surface area contributed by atoms with Crippen molar-refractivity contribution in [2.45, 2.75) is 142 Å². The van der Waals surface area contributed by atoms with Gasteiger partial charge in [-0.3, -0.25) is 9.36 Å². The molecule has 0 bridgehead atoms. The maximum Gasteiger partial charge on any atom is 0.192 e. The minimum Gasteiger partial charge on any atom is -0.412 e. The molecule has 0 saturated heterocycles. The molecule has 2 unspecified atom stereocenters. The molecule has 2 fully saturated rings. The third-order valence-electron chi connectivity index (χ3n) is 12.8. The fourth-order valence-electron chi connectivity index (χ4n) is 6.23. The van der Waals surface area contributed by atoms with Crippen LogP contribution in [0.25, 0.3) is 11.4 Å². The zero-order valence-corrected chi connectivity index (χ0v) is 44.1. The highest BCUT2D eigenvalue weighted by Crippen LogP contribution is 2.39. The number of hydrogen-bond acceptors (Lipinski definition) is 10. The third-order valence-corrected chi connectivity index (χ3v) is 22.9. The van der Waals surface area contributed by atoms with Crippen molar-refractivity contribution in [2.24, 2.45) is 11.8 Å². The van der Waals surface area contributed by atoms with Crippen LogP contribution in [0.15, 0.2) is 60.9 Å². The standard InChI is InChI=1S/C23H31ClFN5O2Si.C17H17ClFN5O2.C6H15ClSi/c1-23(2,3)33(4,5)32-14-16-10-17(25)8-9-19(16)30-20(11-21(24)27-30)22(31)18-13-29(28-26-18)12-15-6-7-15;18-16-6-15(17(26)13-8-23(22-20-13)7-10-1-2-10)24(21-16)14-4-3-12(19)5-11(14)9-25;1-6(2,3)8(4,5)7/h8-11,13,15,22,31H,6-7,12,14H2,1-5H3;3-6,8,10,17,25-26H,1-2,7,9H2;1-5H3. The Bertz CT molecular complexity index is 2600. The molecule has 14 nitrogen and oxygen atoms in total. The topological polar surface area (TPSA) is 167 Å². The van der Waals surface area contributed by atoms with E-state index < -0.39 is 33.7 Å². The Kier molecular flexibility index (Phi) is 16.5. The van der Waals surface area contributed by atoms with Gasteiger partial charge in [0, 0.05) is 36.3 Å². The van der Waals surface area contributed by atoms with E-state index in [4.69, 9.17) is 38.7 Å². The molecule has 364 valence electrons. The lowest BCUT2D eigenvalue weighted by atomic mass is 10.1. The maximum absolute atomic E-state index is 14.2. The van der Waals surface area contributed by atoms with Gasteiger partial charge in [-0.2, -0.15) is 21.3 Å². The van der Waals surface area contributed by atoms with Crippen LogP contribution in [0.1, 0.15) is 113 Å². The number of aliphatic hydroxyl groups is 3. The van der Waals surface area contributed by atoms with Crippen molar-refractivity contribution < 1.29 is 28.5 Å². The quantitative estimate of drug-likeness (QED) is 0.0706. The fraction of sp³-hybridized carbons (Fsp3) is 0.522. The monoisotopic (exact) mass is 1020 g/mol. The van der Waals surface area contributed by atoms with Gasteiger partial charge in [-0.15, -0.1) is 10.2 Å². The average molecular weight is 1020 g/mol. The van der Waals surface area contributed by atoms with Crippen molar-refractivity contribution in [1.82, 2.24) is 49.5 Å². The second kappa shape index (κ2) is 21.0. The summed E-state index contributed by atoms with van der Waals surface area (Å²) in [5.74, 6) is 0.435. The van der Waals surface area contributed by atoms with E-state index in [9.17, 15) is 24.1 Å². The SMILES string of the molecule is CC(C)(C)[Si](C)(C)Cl.CC(C)(C)[Si](C)(C)OCc1cc(F)ccc1-n1nc(Cl)cc1C(O)c1cn(CC2CC2)nn1.OCc1cc(F)ccc1-n1nc(Cl)cc1C(O)c1cn(CC2CC2)nn1. The normalized spacial score (nSPS) is 15.4. The van der Waals surface area contributed by atoms with E-state index in [-0.39, 0.29) is 34.4 Å². The van der Waals surface area contributed by atoms with Crippen molar-refractivity contribution in [3.63, 3.8) is 0 Å². The van der Waals surface area contributed by atoms with E-state index in [0.717, 1.165) is 13.1 Å². The van der Waals surface area contributed by atoms with E-state index in [1.54, 1.807) is 33.9 Å². The third kappa shape index (κ3) is 13.7. The highest BCUT2D eigenvalue weighted by atomic mass is 35.6. The van der Waals surface area contributed by atoms with Gasteiger partial charge in [-0.25, -0.2) is 18.1 Å². The van der Waals surface area contributed by atoms with E-state index >= 15 is 0 Å². The number of rotatable bonds is 14. The summed E-state index contributed by atoms with van der Waals surface area (Å²) in [5, 5.41) is 57.0. The Morgan fingerprint density at radius 2 is 1.09 bits per heavy atom. The molecule has 4 aromatic heterocycles. The smallest absolute Gasteiger partial charge is 0.192 e. The van der Waals surface area contributed by atoms with Crippen LogP contribution >= 0.6 is 34.3 Å². The number of halogens is 5. The molecule has 0 radical (unpaired) electrons. The van der Waals surface area contributed by atoms with Gasteiger partial charge < -0.3 is 19.7 Å². The molecular weight excluding hydrogens is 957 g/mol. The summed E-state index contributed by atoms with van der Waals surface area (Å²) in [4.78, 5) is 0. The van der Waals surface area contributed by atoms with Gasteiger partial charge in [0.25, 0.3) is 0 Å². The van der Waals surface area contributed by atoms with Crippen LogP contribution in [0.4, 0.5) is 8.78 Å². The highest BCUT2D eigenvalue weighted by Gasteiger charge is 2.38. The van der Waals surface area contributed by atoms with Crippen molar-refractivity contribution >= 4 is 50.0 Å². The van der Waals surface area contributed by atoms with E-state index in [0.29, 0.717) is 62.2 Å². The van der Waals surface area contributed by atoms with E-state index in [1.807, 2.05) is 0 Å². The predicted octanol–water partition coefficient (Wildman–Crippen LogP) is 10.7. The first-order valence-corrected chi connectivity index (χ1v) is 30.1. The van der Waals surface area contributed by atoms with Crippen LogP contribution in [0, 0.1) is 23.5 Å². The van der Waals surface area contributed by atoms with Gasteiger partial charge in [0.05, 0.1) is 48.4 Å². The molecule has 8 rings (SSSR count). The minimum atomic E-state index is -2.07. The molecule has 2 aliphatic rings. The number of nitrogens with zero attached hydrogens (tertiary/aromatic N) is 10. The molecule has 4 heterocycles. The largest absolute Gasteiger partial charge is 0.412 e. The van der Waals surface area contributed by atoms with Crippen LogP contribution in [-0.2, 0) is 30.7 Å². The summed E-state index contributed by atoms with van der Waals surface area (Å²) in [7, 11) is -3.45. The van der Waals surface area contributed by atoms with Gasteiger partial charge in [-0.05, 0) is 97.1 Å². The molecule has 21 heteroatoms. The number of aromatic nitrogens is 10. The lowest BCUT2D eigenvalue weighted by Gasteiger charge is -2.36. The number of aliphatic hydroxyl groups excluding tert-OH is 3. The zero-order valence-electron chi connectivity index (χ0n) is 39.9. The van der Waals surface area contributed by atoms with Gasteiger partial charge >= 0.3 is 0 Å². The maximum atomic E-state index is 14.2. The molecule has 2 atom stereocenters. The first-order chi connectivity index (χ1) is 31.2.